The van der Waals surface area contributed by atoms with Gasteiger partial charge in [-0.25, -0.2) is 9.48 Å². The van der Waals surface area contributed by atoms with Crippen molar-refractivity contribution in [3.05, 3.63) is 71.4 Å². The van der Waals surface area contributed by atoms with Gasteiger partial charge in [-0.05, 0) is 43.2 Å². The van der Waals surface area contributed by atoms with Gasteiger partial charge in [0.15, 0.2) is 6.61 Å². The predicted molar refractivity (Wildman–Crippen MR) is 109 cm³/mol. The van der Waals surface area contributed by atoms with E-state index in [0.29, 0.717) is 11.4 Å². The van der Waals surface area contributed by atoms with E-state index < -0.39 is 18.5 Å². The number of ether oxygens (including phenoxy) is 1. The maximum Gasteiger partial charge on any atom is 0.338 e. The number of carbonyl (C=O) groups is 2. The van der Waals surface area contributed by atoms with Crippen molar-refractivity contribution in [2.75, 3.05) is 11.9 Å². The lowest BCUT2D eigenvalue weighted by atomic mass is 10.1. The van der Waals surface area contributed by atoms with Crippen LogP contribution in [0, 0.1) is 6.92 Å². The Bertz CT molecular complexity index is 1010. The Kier molecular flexibility index (Phi) is 6.29. The Morgan fingerprint density at radius 2 is 1.90 bits per heavy atom. The van der Waals surface area contributed by atoms with Crippen LogP contribution in [0.5, 0.6) is 5.75 Å². The number of hydrogen-bond acceptors (Lipinski definition) is 5. The summed E-state index contributed by atoms with van der Waals surface area (Å²) in [4.78, 5) is 24.5. The summed E-state index contributed by atoms with van der Waals surface area (Å²) in [5, 5.41) is 17.0. The van der Waals surface area contributed by atoms with E-state index in [2.05, 4.69) is 17.3 Å². The normalized spacial score (nSPS) is 10.6. The van der Waals surface area contributed by atoms with Crippen molar-refractivity contribution in [3.8, 4) is 11.4 Å². The SMILES string of the molecule is CCCc1cc(NC(=O)COC(=O)c2ccc(C)c(O)c2)n(-c2ccccc2)n1. The number of carbonyl (C=O) groups excluding carboxylic acids is 2. The van der Waals surface area contributed by atoms with Crippen LogP contribution in [0.15, 0.2) is 54.6 Å². The van der Waals surface area contributed by atoms with Crippen molar-refractivity contribution < 1.29 is 19.4 Å². The maximum atomic E-state index is 12.3. The molecule has 0 atom stereocenters. The molecule has 3 aromatic rings. The summed E-state index contributed by atoms with van der Waals surface area (Å²) in [6, 6.07) is 15.7. The molecule has 150 valence electrons. The van der Waals surface area contributed by atoms with Crippen molar-refractivity contribution in [2.24, 2.45) is 0 Å². The van der Waals surface area contributed by atoms with E-state index in [-0.39, 0.29) is 11.3 Å². The highest BCUT2D eigenvalue weighted by atomic mass is 16.5. The molecule has 7 nitrogen and oxygen atoms in total. The molecule has 1 aromatic heterocycles. The first-order valence-electron chi connectivity index (χ1n) is 9.39. The number of phenols is 1. The lowest BCUT2D eigenvalue weighted by Gasteiger charge is -2.09. The number of nitrogens with one attached hydrogen (secondary N) is 1. The van der Waals surface area contributed by atoms with Gasteiger partial charge in [-0.15, -0.1) is 0 Å². The molecule has 7 heteroatoms. The highest BCUT2D eigenvalue weighted by Gasteiger charge is 2.15. The first-order chi connectivity index (χ1) is 14.0. The molecule has 0 aliphatic carbocycles. The molecule has 0 fully saturated rings. The lowest BCUT2D eigenvalue weighted by Crippen LogP contribution is -2.22. The summed E-state index contributed by atoms with van der Waals surface area (Å²) in [7, 11) is 0. The number of hydrogen-bond donors (Lipinski definition) is 2. The quantitative estimate of drug-likeness (QED) is 0.598. The Hall–Kier alpha value is -3.61. The molecular formula is C22H23N3O4. The number of para-hydroxylation sites is 1. The first-order valence-corrected chi connectivity index (χ1v) is 9.39. The largest absolute Gasteiger partial charge is 0.508 e. The van der Waals surface area contributed by atoms with E-state index in [1.54, 1.807) is 17.7 Å². The Morgan fingerprint density at radius 1 is 1.14 bits per heavy atom. The zero-order valence-corrected chi connectivity index (χ0v) is 16.4. The molecule has 2 N–H and O–H groups in total. The number of nitrogens with zero attached hydrogens (tertiary/aromatic N) is 2. The highest BCUT2D eigenvalue weighted by molar-refractivity contribution is 5.95. The summed E-state index contributed by atoms with van der Waals surface area (Å²) < 4.78 is 6.72. The molecule has 0 bridgehead atoms. The molecule has 1 amide bonds. The average molecular weight is 393 g/mol. The average Bonchev–Trinajstić information content (AvgIpc) is 3.11. The Morgan fingerprint density at radius 3 is 2.59 bits per heavy atom. The second-order valence-electron chi connectivity index (χ2n) is 6.64. The van der Waals surface area contributed by atoms with Crippen LogP contribution in [0.4, 0.5) is 5.82 Å². The fourth-order valence-electron chi connectivity index (χ4n) is 2.79. The molecule has 3 rings (SSSR count). The van der Waals surface area contributed by atoms with Gasteiger partial charge in [0.2, 0.25) is 0 Å². The number of phenolic OH excluding ortho intramolecular Hbond substituents is 1. The molecule has 0 saturated carbocycles. The van der Waals surface area contributed by atoms with E-state index in [0.717, 1.165) is 24.2 Å². The molecule has 0 saturated heterocycles. The second-order valence-corrected chi connectivity index (χ2v) is 6.64. The minimum atomic E-state index is -0.682. The summed E-state index contributed by atoms with van der Waals surface area (Å²) in [6.07, 6.45) is 1.72. The van der Waals surface area contributed by atoms with Gasteiger partial charge in [0.25, 0.3) is 5.91 Å². The molecule has 29 heavy (non-hydrogen) atoms. The number of anilines is 1. The number of aromatic hydroxyl groups is 1. The van der Waals surface area contributed by atoms with Gasteiger partial charge in [-0.2, -0.15) is 5.10 Å². The van der Waals surface area contributed by atoms with Crippen LogP contribution in [-0.4, -0.2) is 33.4 Å². The molecule has 0 aliphatic rings. The third kappa shape index (κ3) is 5.01. The molecule has 2 aromatic carbocycles. The fraction of sp³-hybridized carbons (Fsp3) is 0.227. The minimum absolute atomic E-state index is 0.000817. The maximum absolute atomic E-state index is 12.3. The zero-order chi connectivity index (χ0) is 20.8. The number of amides is 1. The van der Waals surface area contributed by atoms with E-state index in [9.17, 15) is 14.7 Å². The molecule has 0 unspecified atom stereocenters. The van der Waals surface area contributed by atoms with Crippen molar-refractivity contribution >= 4 is 17.7 Å². The van der Waals surface area contributed by atoms with Crippen molar-refractivity contribution in [3.63, 3.8) is 0 Å². The number of aromatic nitrogens is 2. The summed E-state index contributed by atoms with van der Waals surface area (Å²) in [5.74, 6) is -0.652. The van der Waals surface area contributed by atoms with Crippen LogP contribution >= 0.6 is 0 Å². The molecular weight excluding hydrogens is 370 g/mol. The van der Waals surface area contributed by atoms with Gasteiger partial charge < -0.3 is 15.2 Å². The van der Waals surface area contributed by atoms with Gasteiger partial charge in [0, 0.05) is 6.07 Å². The van der Waals surface area contributed by atoms with Gasteiger partial charge in [-0.1, -0.05) is 37.6 Å². The first kappa shape index (κ1) is 20.1. The Labute approximate surface area is 168 Å². The minimum Gasteiger partial charge on any atom is -0.508 e. The highest BCUT2D eigenvalue weighted by Crippen LogP contribution is 2.19. The summed E-state index contributed by atoms with van der Waals surface area (Å²) in [6.45, 7) is 3.33. The van der Waals surface area contributed by atoms with E-state index >= 15 is 0 Å². The standard InChI is InChI=1S/C22H23N3O4/c1-3-7-17-13-20(25(24-17)18-8-5-4-6-9-18)23-21(27)14-29-22(28)16-11-10-15(2)19(26)12-16/h4-6,8-13,26H,3,7,14H2,1-2H3,(H,23,27). The summed E-state index contributed by atoms with van der Waals surface area (Å²) >= 11 is 0. The third-order valence-electron chi connectivity index (χ3n) is 4.31. The van der Waals surface area contributed by atoms with Gasteiger partial charge in [0.1, 0.15) is 11.6 Å². The monoisotopic (exact) mass is 393 g/mol. The third-order valence-corrected chi connectivity index (χ3v) is 4.31. The van der Waals surface area contributed by atoms with Gasteiger partial charge in [0.05, 0.1) is 16.9 Å². The number of rotatable bonds is 7. The Balaban J connectivity index is 1.68. The smallest absolute Gasteiger partial charge is 0.338 e. The van der Waals surface area contributed by atoms with Gasteiger partial charge >= 0.3 is 5.97 Å². The zero-order valence-electron chi connectivity index (χ0n) is 16.4. The van der Waals surface area contributed by atoms with Crippen molar-refractivity contribution in [2.45, 2.75) is 26.7 Å². The van der Waals surface area contributed by atoms with Crippen molar-refractivity contribution in [1.29, 1.82) is 0 Å². The van der Waals surface area contributed by atoms with E-state index in [1.807, 2.05) is 36.4 Å². The van der Waals surface area contributed by atoms with E-state index in [1.165, 1.54) is 12.1 Å². The van der Waals surface area contributed by atoms with Crippen LogP contribution in [0.3, 0.4) is 0 Å². The summed E-state index contributed by atoms with van der Waals surface area (Å²) in [5.41, 5.74) is 2.51. The second kappa shape index (κ2) is 9.05. The van der Waals surface area contributed by atoms with Crippen LogP contribution in [-0.2, 0) is 16.0 Å². The van der Waals surface area contributed by atoms with Gasteiger partial charge in [-0.3, -0.25) is 4.79 Å². The van der Waals surface area contributed by atoms with Crippen molar-refractivity contribution in [1.82, 2.24) is 9.78 Å². The fourth-order valence-corrected chi connectivity index (χ4v) is 2.79. The number of aryl methyl sites for hydroxylation is 2. The molecule has 0 radical (unpaired) electrons. The number of benzene rings is 2. The number of esters is 1. The van der Waals surface area contributed by atoms with Crippen LogP contribution < -0.4 is 5.32 Å². The van der Waals surface area contributed by atoms with Crippen LogP contribution in [0.2, 0.25) is 0 Å². The molecule has 0 aliphatic heterocycles. The van der Waals surface area contributed by atoms with E-state index in [4.69, 9.17) is 4.74 Å². The lowest BCUT2D eigenvalue weighted by molar-refractivity contribution is -0.119. The molecule has 1 heterocycles. The molecule has 0 spiro atoms. The van der Waals surface area contributed by atoms with Crippen LogP contribution in [0.25, 0.3) is 5.69 Å². The predicted octanol–water partition coefficient (Wildman–Crippen LogP) is 3.63. The topological polar surface area (TPSA) is 93.5 Å². The van der Waals surface area contributed by atoms with Crippen LogP contribution in [0.1, 0.15) is 35.0 Å².